The van der Waals surface area contributed by atoms with E-state index >= 15 is 0 Å². The number of hydrogen-bond donors (Lipinski definition) is 1. The largest absolute Gasteiger partial charge is 0.497 e. The molecule has 1 heterocycles. The number of para-hydroxylation sites is 1. The van der Waals surface area contributed by atoms with Crippen molar-refractivity contribution in [2.75, 3.05) is 25.7 Å². The van der Waals surface area contributed by atoms with Crippen molar-refractivity contribution >= 4 is 17.5 Å². The van der Waals surface area contributed by atoms with E-state index in [4.69, 9.17) is 9.47 Å². The van der Waals surface area contributed by atoms with E-state index in [1.54, 1.807) is 37.3 Å². The molecule has 6 heteroatoms. The topological polar surface area (TPSA) is 67.9 Å². The highest BCUT2D eigenvalue weighted by atomic mass is 16.5. The van der Waals surface area contributed by atoms with Crippen LogP contribution in [-0.4, -0.2) is 32.6 Å². The zero-order valence-electron chi connectivity index (χ0n) is 18.9. The van der Waals surface area contributed by atoms with Gasteiger partial charge in [0.1, 0.15) is 17.5 Å². The van der Waals surface area contributed by atoms with Crippen molar-refractivity contribution in [2.24, 2.45) is 0 Å². The summed E-state index contributed by atoms with van der Waals surface area (Å²) < 4.78 is 10.6. The fraction of sp³-hybridized carbons (Fsp3) is 0.259. The second-order valence-electron chi connectivity index (χ2n) is 8.03. The van der Waals surface area contributed by atoms with Crippen molar-refractivity contribution in [1.82, 2.24) is 5.32 Å². The van der Waals surface area contributed by atoms with E-state index in [1.807, 2.05) is 48.5 Å². The fourth-order valence-corrected chi connectivity index (χ4v) is 4.22. The van der Waals surface area contributed by atoms with E-state index in [9.17, 15) is 9.59 Å². The Labute approximate surface area is 194 Å². The Morgan fingerprint density at radius 2 is 1.61 bits per heavy atom. The smallest absolute Gasteiger partial charge is 0.254 e. The van der Waals surface area contributed by atoms with Gasteiger partial charge in [-0.05, 0) is 47.7 Å². The van der Waals surface area contributed by atoms with Gasteiger partial charge in [0.25, 0.3) is 5.91 Å². The van der Waals surface area contributed by atoms with E-state index in [-0.39, 0.29) is 18.2 Å². The van der Waals surface area contributed by atoms with Gasteiger partial charge >= 0.3 is 0 Å². The number of nitrogens with zero attached hydrogens (tertiary/aromatic N) is 1. The van der Waals surface area contributed by atoms with Crippen LogP contribution in [0.25, 0.3) is 0 Å². The third kappa shape index (κ3) is 5.17. The molecule has 0 saturated carbocycles. The highest BCUT2D eigenvalue weighted by molar-refractivity contribution is 6.00. The molecule has 1 atom stereocenters. The molecular weight excluding hydrogens is 416 g/mol. The Bertz CT molecular complexity index is 1110. The predicted octanol–water partition coefficient (Wildman–Crippen LogP) is 4.08. The maximum absolute atomic E-state index is 13.7. The number of carbonyl (C=O) groups excluding carboxylic acids is 2. The molecule has 33 heavy (non-hydrogen) atoms. The van der Waals surface area contributed by atoms with E-state index in [0.717, 1.165) is 35.2 Å². The minimum atomic E-state index is -0.780. The summed E-state index contributed by atoms with van der Waals surface area (Å²) in [6.07, 6.45) is 1.93. The average molecular weight is 445 g/mol. The lowest BCUT2D eigenvalue weighted by molar-refractivity contribution is -0.127. The number of hydrogen-bond acceptors (Lipinski definition) is 4. The van der Waals surface area contributed by atoms with Crippen molar-refractivity contribution in [3.8, 4) is 11.5 Å². The maximum Gasteiger partial charge on any atom is 0.254 e. The molecule has 3 aromatic carbocycles. The predicted molar refractivity (Wildman–Crippen MR) is 128 cm³/mol. The Balaban J connectivity index is 1.59. The highest BCUT2D eigenvalue weighted by Gasteiger charge is 2.30. The van der Waals surface area contributed by atoms with Crippen LogP contribution in [0, 0.1) is 0 Å². The lowest BCUT2D eigenvalue weighted by atomic mass is 9.99. The first-order valence-electron chi connectivity index (χ1n) is 11.0. The Hall–Kier alpha value is -3.80. The Kier molecular flexibility index (Phi) is 6.93. The molecule has 1 unspecified atom stereocenters. The van der Waals surface area contributed by atoms with Crippen LogP contribution in [0.4, 0.5) is 5.69 Å². The fourth-order valence-electron chi connectivity index (χ4n) is 4.22. The summed E-state index contributed by atoms with van der Waals surface area (Å²) in [7, 11) is 3.14. The number of nitrogens with one attached hydrogen (secondary N) is 1. The van der Waals surface area contributed by atoms with Crippen LogP contribution in [0.3, 0.4) is 0 Å². The van der Waals surface area contributed by atoms with Crippen LogP contribution in [0.5, 0.6) is 11.5 Å². The molecule has 1 N–H and O–H groups in total. The highest BCUT2D eigenvalue weighted by Crippen LogP contribution is 2.30. The zero-order valence-corrected chi connectivity index (χ0v) is 18.9. The number of carbonyl (C=O) groups is 2. The third-order valence-electron chi connectivity index (χ3n) is 5.84. The van der Waals surface area contributed by atoms with E-state index in [1.165, 1.54) is 0 Å². The van der Waals surface area contributed by atoms with E-state index in [0.29, 0.717) is 18.0 Å². The monoisotopic (exact) mass is 444 g/mol. The van der Waals surface area contributed by atoms with Crippen molar-refractivity contribution in [1.29, 1.82) is 0 Å². The van der Waals surface area contributed by atoms with Crippen LogP contribution in [0.1, 0.15) is 29.2 Å². The van der Waals surface area contributed by atoms with Gasteiger partial charge in [-0.1, -0.05) is 48.5 Å². The van der Waals surface area contributed by atoms with Crippen LogP contribution < -0.4 is 19.7 Å². The van der Waals surface area contributed by atoms with Gasteiger partial charge in [-0.25, -0.2) is 0 Å². The second kappa shape index (κ2) is 10.2. The number of aryl methyl sites for hydroxylation is 1. The summed E-state index contributed by atoms with van der Waals surface area (Å²) in [5.41, 5.74) is 3.56. The van der Waals surface area contributed by atoms with Gasteiger partial charge in [-0.15, -0.1) is 0 Å². The van der Waals surface area contributed by atoms with Crippen LogP contribution in [0.15, 0.2) is 72.8 Å². The number of methoxy groups -OCH3 is 2. The molecular formula is C27H28N2O4. The lowest BCUT2D eigenvalue weighted by Gasteiger charge is -2.32. The summed E-state index contributed by atoms with van der Waals surface area (Å²) in [6.45, 7) is 0.627. The quantitative estimate of drug-likeness (QED) is 0.596. The van der Waals surface area contributed by atoms with Gasteiger partial charge in [0.15, 0.2) is 0 Å². The number of fused-ring (bicyclic) bond motifs is 1. The van der Waals surface area contributed by atoms with Crippen LogP contribution >= 0.6 is 0 Å². The molecule has 170 valence electrons. The number of ether oxygens (including phenoxy) is 2. The molecule has 0 radical (unpaired) electrons. The van der Waals surface area contributed by atoms with Gasteiger partial charge in [0.05, 0.1) is 20.6 Å². The molecule has 3 aromatic rings. The van der Waals surface area contributed by atoms with Gasteiger partial charge < -0.3 is 19.7 Å². The zero-order chi connectivity index (χ0) is 23.2. The molecule has 2 amide bonds. The molecule has 0 spiro atoms. The van der Waals surface area contributed by atoms with Crippen molar-refractivity contribution < 1.29 is 19.1 Å². The molecule has 1 aliphatic heterocycles. The SMILES string of the molecule is COc1cc(CC(=O)NC(C(=O)N2CCCc3ccccc32)c2ccccc2)cc(OC)c1. The van der Waals surface area contributed by atoms with Gasteiger partial charge in [-0.2, -0.15) is 0 Å². The lowest BCUT2D eigenvalue weighted by Crippen LogP contribution is -2.45. The molecule has 0 bridgehead atoms. The van der Waals surface area contributed by atoms with Crippen molar-refractivity contribution in [2.45, 2.75) is 25.3 Å². The molecule has 0 aromatic heterocycles. The maximum atomic E-state index is 13.7. The Morgan fingerprint density at radius 3 is 2.30 bits per heavy atom. The van der Waals surface area contributed by atoms with Crippen LogP contribution in [0.2, 0.25) is 0 Å². The molecule has 4 rings (SSSR count). The van der Waals surface area contributed by atoms with E-state index < -0.39 is 6.04 Å². The number of rotatable bonds is 7. The number of amides is 2. The van der Waals surface area contributed by atoms with Gasteiger partial charge in [-0.3, -0.25) is 9.59 Å². The average Bonchev–Trinajstić information content (AvgIpc) is 2.86. The summed E-state index contributed by atoms with van der Waals surface area (Å²) in [6, 6.07) is 21.9. The molecule has 0 saturated heterocycles. The summed E-state index contributed by atoms with van der Waals surface area (Å²) in [5.74, 6) is 0.832. The summed E-state index contributed by atoms with van der Waals surface area (Å²) in [4.78, 5) is 28.6. The van der Waals surface area contributed by atoms with Gasteiger partial charge in [0, 0.05) is 18.3 Å². The minimum Gasteiger partial charge on any atom is -0.497 e. The van der Waals surface area contributed by atoms with Crippen molar-refractivity contribution in [3.63, 3.8) is 0 Å². The number of anilines is 1. The first-order valence-corrected chi connectivity index (χ1v) is 11.0. The second-order valence-corrected chi connectivity index (χ2v) is 8.03. The normalized spacial score (nSPS) is 13.6. The first-order chi connectivity index (χ1) is 16.1. The third-order valence-corrected chi connectivity index (χ3v) is 5.84. The van der Waals surface area contributed by atoms with Gasteiger partial charge in [0.2, 0.25) is 5.91 Å². The first kappa shape index (κ1) is 22.4. The standard InChI is InChI=1S/C27H28N2O4/c1-32-22-15-19(16-23(18-22)33-2)17-25(30)28-26(21-10-4-3-5-11-21)27(31)29-14-8-12-20-9-6-7-13-24(20)29/h3-7,9-11,13,15-16,18,26H,8,12,14,17H2,1-2H3,(H,28,30). The molecule has 0 fully saturated rings. The summed E-state index contributed by atoms with van der Waals surface area (Å²) in [5, 5.41) is 2.97. The van der Waals surface area contributed by atoms with Crippen LogP contribution in [-0.2, 0) is 22.4 Å². The number of benzene rings is 3. The molecule has 1 aliphatic rings. The van der Waals surface area contributed by atoms with E-state index in [2.05, 4.69) is 11.4 Å². The summed E-state index contributed by atoms with van der Waals surface area (Å²) >= 11 is 0. The molecule has 0 aliphatic carbocycles. The molecule has 6 nitrogen and oxygen atoms in total. The van der Waals surface area contributed by atoms with Crippen molar-refractivity contribution in [3.05, 3.63) is 89.5 Å². The Morgan fingerprint density at radius 1 is 0.939 bits per heavy atom. The minimum absolute atomic E-state index is 0.0980.